The van der Waals surface area contributed by atoms with Crippen LogP contribution in [0.5, 0.6) is 0 Å². The summed E-state index contributed by atoms with van der Waals surface area (Å²) in [6.45, 7) is 9.98. The SMILES string of the molecule is CC(C)(C)NN.Cc1ccc(C(=O)Cl)cc1C.Cl.O=C(Cl)c1ccccc1. The van der Waals surface area contributed by atoms with E-state index in [4.69, 9.17) is 29.0 Å². The molecule has 2 aromatic rings. The molecule has 0 atom stereocenters. The van der Waals surface area contributed by atoms with E-state index in [9.17, 15) is 9.59 Å². The number of hydrogen-bond donors (Lipinski definition) is 2. The molecule has 0 amide bonds. The van der Waals surface area contributed by atoms with Crippen molar-refractivity contribution in [3.05, 3.63) is 70.8 Å². The summed E-state index contributed by atoms with van der Waals surface area (Å²) in [7, 11) is 0. The smallest absolute Gasteiger partial charge is 0.252 e. The molecule has 2 aromatic carbocycles. The minimum atomic E-state index is -0.407. The van der Waals surface area contributed by atoms with Gasteiger partial charge in [0.1, 0.15) is 0 Å². The summed E-state index contributed by atoms with van der Waals surface area (Å²) in [5.74, 6) is 5.06. The predicted molar refractivity (Wildman–Crippen MR) is 117 cm³/mol. The highest BCUT2D eigenvalue weighted by atomic mass is 35.5. The Morgan fingerprint density at radius 1 is 0.852 bits per heavy atom. The van der Waals surface area contributed by atoms with Crippen LogP contribution in [0.25, 0.3) is 0 Å². The number of nitrogens with two attached hydrogens (primary N) is 1. The summed E-state index contributed by atoms with van der Waals surface area (Å²) in [6.07, 6.45) is 0. The van der Waals surface area contributed by atoms with Crippen molar-refractivity contribution in [1.82, 2.24) is 5.43 Å². The lowest BCUT2D eigenvalue weighted by atomic mass is 10.1. The van der Waals surface area contributed by atoms with Gasteiger partial charge in [0, 0.05) is 16.7 Å². The van der Waals surface area contributed by atoms with E-state index in [-0.39, 0.29) is 17.9 Å². The van der Waals surface area contributed by atoms with Crippen LogP contribution >= 0.6 is 35.6 Å². The van der Waals surface area contributed by atoms with E-state index in [1.54, 1.807) is 36.4 Å². The number of hydrazine groups is 1. The Morgan fingerprint density at radius 3 is 1.59 bits per heavy atom. The monoisotopic (exact) mass is 432 g/mol. The normalized spacial score (nSPS) is 9.63. The zero-order valence-corrected chi connectivity index (χ0v) is 18.5. The van der Waals surface area contributed by atoms with Gasteiger partial charge in [0.25, 0.3) is 10.5 Å². The van der Waals surface area contributed by atoms with Crippen LogP contribution in [0.4, 0.5) is 0 Å². The average molecular weight is 434 g/mol. The summed E-state index contributed by atoms with van der Waals surface area (Å²) < 4.78 is 0. The molecule has 3 N–H and O–H groups in total. The molecule has 7 heteroatoms. The number of carbonyl (C=O) groups excluding carboxylic acids is 2. The van der Waals surface area contributed by atoms with Crippen LogP contribution in [0.3, 0.4) is 0 Å². The molecule has 27 heavy (non-hydrogen) atoms. The van der Waals surface area contributed by atoms with Crippen molar-refractivity contribution in [3.63, 3.8) is 0 Å². The van der Waals surface area contributed by atoms with Crippen LogP contribution in [0, 0.1) is 13.8 Å². The lowest BCUT2D eigenvalue weighted by Gasteiger charge is -2.14. The average Bonchev–Trinajstić information content (AvgIpc) is 2.58. The van der Waals surface area contributed by atoms with E-state index in [0.717, 1.165) is 5.56 Å². The molecule has 0 spiro atoms. The third-order valence-electron chi connectivity index (χ3n) is 3.17. The molecule has 0 aliphatic heterocycles. The van der Waals surface area contributed by atoms with Crippen molar-refractivity contribution < 1.29 is 9.59 Å². The lowest BCUT2D eigenvalue weighted by Crippen LogP contribution is -2.41. The lowest BCUT2D eigenvalue weighted by molar-refractivity contribution is 0.107. The molecular formula is C20H27Cl3N2O2. The van der Waals surface area contributed by atoms with Gasteiger partial charge in [-0.15, -0.1) is 12.4 Å². The fourth-order valence-electron chi connectivity index (χ4n) is 1.43. The molecule has 0 radical (unpaired) electrons. The molecule has 0 fully saturated rings. The molecule has 2 rings (SSSR count). The van der Waals surface area contributed by atoms with Crippen molar-refractivity contribution in [1.29, 1.82) is 0 Å². The van der Waals surface area contributed by atoms with E-state index in [1.807, 2.05) is 46.8 Å². The maximum atomic E-state index is 10.7. The highest BCUT2D eigenvalue weighted by molar-refractivity contribution is 6.68. The maximum Gasteiger partial charge on any atom is 0.252 e. The number of hydrogen-bond acceptors (Lipinski definition) is 4. The van der Waals surface area contributed by atoms with E-state index in [2.05, 4.69) is 5.43 Å². The molecule has 0 saturated carbocycles. The Kier molecular flexibility index (Phi) is 14.1. The molecule has 150 valence electrons. The zero-order chi connectivity index (χ0) is 20.3. The number of carbonyl (C=O) groups is 2. The number of aryl methyl sites for hydroxylation is 2. The fourth-order valence-corrected chi connectivity index (χ4v) is 1.68. The van der Waals surface area contributed by atoms with Crippen LogP contribution in [-0.2, 0) is 0 Å². The van der Waals surface area contributed by atoms with Gasteiger partial charge in [-0.1, -0.05) is 36.4 Å². The first-order valence-electron chi connectivity index (χ1n) is 7.97. The zero-order valence-electron chi connectivity index (χ0n) is 16.2. The third kappa shape index (κ3) is 13.4. The van der Waals surface area contributed by atoms with Crippen LogP contribution in [-0.4, -0.2) is 16.0 Å². The first-order valence-corrected chi connectivity index (χ1v) is 8.73. The van der Waals surface area contributed by atoms with Gasteiger partial charge in [0.15, 0.2) is 0 Å². The van der Waals surface area contributed by atoms with Crippen LogP contribution < -0.4 is 11.3 Å². The summed E-state index contributed by atoms with van der Waals surface area (Å²) in [5.41, 5.74) is 6.05. The van der Waals surface area contributed by atoms with Gasteiger partial charge in [-0.3, -0.25) is 20.9 Å². The van der Waals surface area contributed by atoms with Gasteiger partial charge in [-0.05, 0) is 81.1 Å². The molecule has 0 saturated heterocycles. The fraction of sp³-hybridized carbons (Fsp3) is 0.300. The van der Waals surface area contributed by atoms with Crippen molar-refractivity contribution in [2.24, 2.45) is 5.84 Å². The van der Waals surface area contributed by atoms with Crippen LogP contribution in [0.1, 0.15) is 52.6 Å². The largest absolute Gasteiger partial charge is 0.276 e. The molecule has 4 nitrogen and oxygen atoms in total. The second-order valence-corrected chi connectivity index (χ2v) is 7.29. The minimum absolute atomic E-state index is 0. The maximum absolute atomic E-state index is 10.7. The Bertz CT molecular complexity index is 715. The Labute approximate surface area is 177 Å². The van der Waals surface area contributed by atoms with Gasteiger partial charge in [0.2, 0.25) is 0 Å². The van der Waals surface area contributed by atoms with Gasteiger partial charge < -0.3 is 0 Å². The van der Waals surface area contributed by atoms with Crippen molar-refractivity contribution >= 4 is 46.1 Å². The van der Waals surface area contributed by atoms with Crippen LogP contribution in [0.15, 0.2) is 48.5 Å². The van der Waals surface area contributed by atoms with Gasteiger partial charge in [0.05, 0.1) is 0 Å². The highest BCUT2D eigenvalue weighted by Gasteiger charge is 2.03. The minimum Gasteiger partial charge on any atom is -0.276 e. The molecule has 0 unspecified atom stereocenters. The summed E-state index contributed by atoms with van der Waals surface area (Å²) in [6, 6.07) is 14.2. The first-order chi connectivity index (χ1) is 12.0. The Morgan fingerprint density at radius 2 is 1.30 bits per heavy atom. The molecule has 0 heterocycles. The van der Waals surface area contributed by atoms with Crippen molar-refractivity contribution in [2.75, 3.05) is 0 Å². The van der Waals surface area contributed by atoms with E-state index in [0.29, 0.717) is 11.1 Å². The van der Waals surface area contributed by atoms with Crippen molar-refractivity contribution in [3.8, 4) is 0 Å². The second kappa shape index (κ2) is 13.7. The number of halogens is 3. The highest BCUT2D eigenvalue weighted by Crippen LogP contribution is 2.11. The van der Waals surface area contributed by atoms with E-state index >= 15 is 0 Å². The molecule has 0 bridgehead atoms. The predicted octanol–water partition coefficient (Wildman–Crippen LogP) is 5.42. The third-order valence-corrected chi connectivity index (χ3v) is 3.60. The summed E-state index contributed by atoms with van der Waals surface area (Å²) >= 11 is 10.5. The Balaban J connectivity index is 0. The Hall–Kier alpha value is -1.43. The standard InChI is InChI=1S/C9H9ClO.C7H5ClO.C4H12N2.ClH/c1-6-3-4-8(9(10)11)5-7(6)2;8-7(9)6-4-2-1-3-5-6;1-4(2,3)6-5;/h3-5H,1-2H3;1-5H;6H,5H2,1-3H3;1H. The number of benzene rings is 2. The second-order valence-electron chi connectivity index (χ2n) is 6.61. The molecule has 0 aromatic heterocycles. The van der Waals surface area contributed by atoms with Crippen molar-refractivity contribution in [2.45, 2.75) is 40.2 Å². The van der Waals surface area contributed by atoms with Gasteiger partial charge in [-0.25, -0.2) is 0 Å². The number of nitrogens with one attached hydrogen (secondary N) is 1. The summed E-state index contributed by atoms with van der Waals surface area (Å²) in [4.78, 5) is 21.1. The van der Waals surface area contributed by atoms with E-state index in [1.165, 1.54) is 5.56 Å². The molecular weight excluding hydrogens is 407 g/mol. The quantitative estimate of drug-likeness (QED) is 0.377. The van der Waals surface area contributed by atoms with E-state index < -0.39 is 10.5 Å². The first kappa shape index (κ1) is 27.8. The molecule has 0 aliphatic carbocycles. The van der Waals surface area contributed by atoms with Crippen LogP contribution in [0.2, 0.25) is 0 Å². The topological polar surface area (TPSA) is 72.2 Å². The number of rotatable bonds is 2. The van der Waals surface area contributed by atoms with Gasteiger partial charge >= 0.3 is 0 Å². The molecule has 0 aliphatic rings. The van der Waals surface area contributed by atoms with Gasteiger partial charge in [-0.2, -0.15) is 0 Å². The summed E-state index contributed by atoms with van der Waals surface area (Å²) in [5, 5.41) is -0.802.